The van der Waals surface area contributed by atoms with Crippen LogP contribution in [0.25, 0.3) is 0 Å². The van der Waals surface area contributed by atoms with E-state index in [0.717, 1.165) is 0 Å². The molecule has 0 saturated heterocycles. The average Bonchev–Trinajstić information content (AvgIpc) is 2.60. The highest BCUT2D eigenvalue weighted by Crippen LogP contribution is 2.20. The second-order valence-electron chi connectivity index (χ2n) is 19.8. The summed E-state index contributed by atoms with van der Waals surface area (Å²) in [5.74, 6) is 0. The standard InChI is InChI=1S/14C4H8/c14*1-2-4-3-1/h14*1-4H2. The maximum Gasteiger partial charge on any atom is -0.0533 e. The predicted molar refractivity (Wildman–Crippen MR) is 259 cm³/mol. The van der Waals surface area contributed by atoms with Crippen LogP contribution < -0.4 is 0 Å². The van der Waals surface area contributed by atoms with Crippen LogP contribution in [0.5, 0.6) is 0 Å². The molecule has 14 aliphatic carbocycles. The smallest absolute Gasteiger partial charge is 0.0533 e. The van der Waals surface area contributed by atoms with Gasteiger partial charge in [-0.15, -0.1) is 0 Å². The summed E-state index contributed by atoms with van der Waals surface area (Å²) >= 11 is 0. The van der Waals surface area contributed by atoms with E-state index in [9.17, 15) is 0 Å². The summed E-state index contributed by atoms with van der Waals surface area (Å²) in [6, 6.07) is 0. The molecule has 14 saturated carbocycles. The van der Waals surface area contributed by atoms with E-state index >= 15 is 0 Å². The zero-order chi connectivity index (χ0) is 39.6. The summed E-state index contributed by atoms with van der Waals surface area (Å²) in [7, 11) is 0. The van der Waals surface area contributed by atoms with Crippen LogP contribution in [0.2, 0.25) is 0 Å². The van der Waals surface area contributed by atoms with Gasteiger partial charge in [0, 0.05) is 0 Å². The minimum Gasteiger partial charge on any atom is -0.0533 e. The van der Waals surface area contributed by atoms with Crippen LogP contribution >= 0.6 is 0 Å². The molecule has 0 heteroatoms. The molecule has 0 atom stereocenters. The van der Waals surface area contributed by atoms with Crippen molar-refractivity contribution in [2.45, 2.75) is 360 Å². The zero-order valence-electron chi connectivity index (χ0n) is 39.6. The summed E-state index contributed by atoms with van der Waals surface area (Å²) in [6.07, 6.45) is 84.0. The van der Waals surface area contributed by atoms with E-state index in [2.05, 4.69) is 0 Å². The highest BCUT2D eigenvalue weighted by molar-refractivity contribution is 4.56. The van der Waals surface area contributed by atoms with Gasteiger partial charge in [-0.2, -0.15) is 0 Å². The maximum atomic E-state index is 1.50. The first-order valence-electron chi connectivity index (χ1n) is 28.0. The Hall–Kier alpha value is 0. The first-order chi connectivity index (χ1) is 28.0. The molecule has 0 amide bonds. The first-order valence-corrected chi connectivity index (χ1v) is 28.0. The highest BCUT2D eigenvalue weighted by Gasteiger charge is 2.00. The molecule has 56 heavy (non-hydrogen) atoms. The lowest BCUT2D eigenvalue weighted by molar-refractivity contribution is 0.504. The van der Waals surface area contributed by atoms with Crippen molar-refractivity contribution in [3.05, 3.63) is 0 Å². The van der Waals surface area contributed by atoms with Crippen LogP contribution in [-0.4, -0.2) is 0 Å². The van der Waals surface area contributed by atoms with Gasteiger partial charge in [0.2, 0.25) is 0 Å². The summed E-state index contributed by atoms with van der Waals surface area (Å²) in [4.78, 5) is 0. The van der Waals surface area contributed by atoms with Crippen molar-refractivity contribution in [2.24, 2.45) is 0 Å². The van der Waals surface area contributed by atoms with Crippen molar-refractivity contribution >= 4 is 0 Å². The van der Waals surface area contributed by atoms with Crippen molar-refractivity contribution in [3.63, 3.8) is 0 Å². The van der Waals surface area contributed by atoms with Crippen LogP contribution in [0.3, 0.4) is 0 Å². The predicted octanol–water partition coefficient (Wildman–Crippen LogP) is 21.8. The minimum atomic E-state index is 1.50. The van der Waals surface area contributed by atoms with E-state index in [1.807, 2.05) is 0 Å². The molecule has 336 valence electrons. The van der Waals surface area contributed by atoms with E-state index in [0.29, 0.717) is 0 Å². The third-order valence-electron chi connectivity index (χ3n) is 14.0. The van der Waals surface area contributed by atoms with Gasteiger partial charge in [-0.25, -0.2) is 0 Å². The number of hydrogen-bond donors (Lipinski definition) is 0. The average molecular weight is 786 g/mol. The molecule has 0 aromatic carbocycles. The molecule has 14 rings (SSSR count). The molecule has 0 spiro atoms. The molecule has 0 aromatic rings. The Morgan fingerprint density at radius 1 is 0.0357 bits per heavy atom. The molecule has 0 heterocycles. The quantitative estimate of drug-likeness (QED) is 0.229. The fraction of sp³-hybridized carbons (Fsp3) is 1.00. The van der Waals surface area contributed by atoms with E-state index in [1.54, 1.807) is 0 Å². The Balaban J connectivity index is 0.000000302. The molecule has 0 aliphatic heterocycles. The molecule has 14 aliphatic rings. The summed E-state index contributed by atoms with van der Waals surface area (Å²) in [6.45, 7) is 0. The number of rotatable bonds is 0. The lowest BCUT2D eigenvalue weighted by Gasteiger charge is -2.05. The van der Waals surface area contributed by atoms with Gasteiger partial charge in [-0.05, 0) is 0 Å². The first kappa shape index (κ1) is 54.0. The third kappa shape index (κ3) is 48.4. The van der Waals surface area contributed by atoms with Crippen LogP contribution in [0.1, 0.15) is 360 Å². The van der Waals surface area contributed by atoms with Gasteiger partial charge in [-0.3, -0.25) is 0 Å². The summed E-state index contributed by atoms with van der Waals surface area (Å²) in [5.41, 5.74) is 0. The highest BCUT2D eigenvalue weighted by atomic mass is 14.1. The van der Waals surface area contributed by atoms with Crippen molar-refractivity contribution in [1.82, 2.24) is 0 Å². The van der Waals surface area contributed by atoms with Gasteiger partial charge in [0.05, 0.1) is 0 Å². The Kier molecular flexibility index (Phi) is 49.3. The molecule has 0 bridgehead atoms. The largest absolute Gasteiger partial charge is 0.0533 e. The van der Waals surface area contributed by atoms with Crippen LogP contribution in [0, 0.1) is 0 Å². The van der Waals surface area contributed by atoms with Crippen molar-refractivity contribution in [3.8, 4) is 0 Å². The fourth-order valence-corrected chi connectivity index (χ4v) is 3.50. The SMILES string of the molecule is C1CCC1.C1CCC1.C1CCC1.C1CCC1.C1CCC1.C1CCC1.C1CCC1.C1CCC1.C1CCC1.C1CCC1.C1CCC1.C1CCC1.C1CCC1.C1CCC1. The van der Waals surface area contributed by atoms with Gasteiger partial charge in [0.15, 0.2) is 0 Å². The lowest BCUT2D eigenvalue weighted by Crippen LogP contribution is -1.85. The molecule has 0 radical (unpaired) electrons. The second-order valence-corrected chi connectivity index (χ2v) is 19.8. The maximum absolute atomic E-state index is 1.50. The Bertz CT molecular complexity index is 325. The van der Waals surface area contributed by atoms with Gasteiger partial charge in [0.1, 0.15) is 0 Å². The van der Waals surface area contributed by atoms with Gasteiger partial charge < -0.3 is 0 Å². The molecular weight excluding hydrogens is 673 g/mol. The second kappa shape index (κ2) is 51.1. The van der Waals surface area contributed by atoms with Gasteiger partial charge in [-0.1, -0.05) is 360 Å². The third-order valence-corrected chi connectivity index (χ3v) is 14.0. The molecular formula is C56H112. The Labute approximate surface area is 358 Å². The van der Waals surface area contributed by atoms with Crippen molar-refractivity contribution < 1.29 is 0 Å². The minimum absolute atomic E-state index is 1.50. The van der Waals surface area contributed by atoms with E-state index < -0.39 is 0 Å². The van der Waals surface area contributed by atoms with Crippen LogP contribution in [0.4, 0.5) is 0 Å². The molecule has 0 nitrogen and oxygen atoms in total. The molecule has 0 N–H and O–H groups in total. The fourth-order valence-electron chi connectivity index (χ4n) is 3.50. The Morgan fingerprint density at radius 2 is 0.0536 bits per heavy atom. The lowest BCUT2D eigenvalue weighted by atomic mass is 10.0. The van der Waals surface area contributed by atoms with Crippen molar-refractivity contribution in [1.29, 1.82) is 0 Å². The zero-order valence-corrected chi connectivity index (χ0v) is 39.6. The van der Waals surface area contributed by atoms with E-state index in [1.165, 1.54) is 360 Å². The number of hydrogen-bond acceptors (Lipinski definition) is 0. The molecule has 0 aromatic heterocycles. The van der Waals surface area contributed by atoms with Gasteiger partial charge >= 0.3 is 0 Å². The van der Waals surface area contributed by atoms with Gasteiger partial charge in [0.25, 0.3) is 0 Å². The topological polar surface area (TPSA) is 0 Å². The van der Waals surface area contributed by atoms with Crippen LogP contribution in [0.15, 0.2) is 0 Å². The molecule has 0 unspecified atom stereocenters. The van der Waals surface area contributed by atoms with E-state index in [-0.39, 0.29) is 0 Å². The summed E-state index contributed by atoms with van der Waals surface area (Å²) < 4.78 is 0. The van der Waals surface area contributed by atoms with Crippen molar-refractivity contribution in [2.75, 3.05) is 0 Å². The van der Waals surface area contributed by atoms with E-state index in [4.69, 9.17) is 0 Å². The van der Waals surface area contributed by atoms with Crippen LogP contribution in [-0.2, 0) is 0 Å². The Morgan fingerprint density at radius 3 is 0.0536 bits per heavy atom. The summed E-state index contributed by atoms with van der Waals surface area (Å²) in [5, 5.41) is 0. The normalized spacial score (nSPS) is 24.0. The molecule has 14 fully saturated rings. The monoisotopic (exact) mass is 785 g/mol.